The molecule has 1 aliphatic rings. The van der Waals surface area contributed by atoms with E-state index in [-0.39, 0.29) is 5.91 Å². The van der Waals surface area contributed by atoms with Crippen LogP contribution in [0.4, 0.5) is 5.69 Å². The molecule has 0 radical (unpaired) electrons. The molecule has 0 heterocycles. The van der Waals surface area contributed by atoms with Crippen molar-refractivity contribution >= 4 is 17.6 Å². The SMILES string of the molecule is Cc1ccc(NC(=O)[C@@H]2CC=CC[C@H]2C(=O)O)cc1. The molecule has 2 atom stereocenters. The Morgan fingerprint density at radius 1 is 1.11 bits per heavy atom. The van der Waals surface area contributed by atoms with Crippen LogP contribution in [0.15, 0.2) is 36.4 Å². The van der Waals surface area contributed by atoms with Gasteiger partial charge in [-0.15, -0.1) is 0 Å². The summed E-state index contributed by atoms with van der Waals surface area (Å²) >= 11 is 0. The third-order valence-corrected chi connectivity index (χ3v) is 3.41. The number of carbonyl (C=O) groups excluding carboxylic acids is 1. The molecule has 1 aromatic carbocycles. The van der Waals surface area contributed by atoms with E-state index in [1.54, 1.807) is 0 Å². The highest BCUT2D eigenvalue weighted by atomic mass is 16.4. The third kappa shape index (κ3) is 3.22. The first kappa shape index (κ1) is 13.3. The molecule has 0 unspecified atom stereocenters. The lowest BCUT2D eigenvalue weighted by atomic mass is 9.82. The zero-order chi connectivity index (χ0) is 13.8. The van der Waals surface area contributed by atoms with Crippen LogP contribution >= 0.6 is 0 Å². The van der Waals surface area contributed by atoms with E-state index in [0.717, 1.165) is 5.56 Å². The highest BCUT2D eigenvalue weighted by Crippen LogP contribution is 2.27. The summed E-state index contributed by atoms with van der Waals surface area (Å²) < 4.78 is 0. The van der Waals surface area contributed by atoms with Crippen LogP contribution in [0.25, 0.3) is 0 Å². The van der Waals surface area contributed by atoms with Crippen molar-refractivity contribution in [2.45, 2.75) is 19.8 Å². The van der Waals surface area contributed by atoms with Gasteiger partial charge in [-0.2, -0.15) is 0 Å². The van der Waals surface area contributed by atoms with E-state index in [1.165, 1.54) is 0 Å². The largest absolute Gasteiger partial charge is 0.481 e. The first-order chi connectivity index (χ1) is 9.08. The number of hydrogen-bond donors (Lipinski definition) is 2. The second-order valence-electron chi connectivity index (χ2n) is 4.85. The lowest BCUT2D eigenvalue weighted by molar-refractivity contribution is -0.146. The first-order valence-corrected chi connectivity index (χ1v) is 6.33. The molecule has 4 heteroatoms. The Labute approximate surface area is 112 Å². The fourth-order valence-corrected chi connectivity index (χ4v) is 2.25. The molecule has 100 valence electrons. The molecule has 1 aromatic rings. The molecule has 0 saturated heterocycles. The van der Waals surface area contributed by atoms with Gasteiger partial charge in [0.2, 0.25) is 5.91 Å². The Morgan fingerprint density at radius 3 is 2.26 bits per heavy atom. The summed E-state index contributed by atoms with van der Waals surface area (Å²) in [6.07, 6.45) is 4.60. The summed E-state index contributed by atoms with van der Waals surface area (Å²) in [5, 5.41) is 11.9. The number of carboxylic acid groups (broad SMARTS) is 1. The van der Waals surface area contributed by atoms with Gasteiger partial charge in [0.15, 0.2) is 0 Å². The number of benzene rings is 1. The van der Waals surface area contributed by atoms with E-state index in [0.29, 0.717) is 18.5 Å². The van der Waals surface area contributed by atoms with Gasteiger partial charge in [-0.1, -0.05) is 29.8 Å². The molecule has 0 saturated carbocycles. The average Bonchev–Trinajstić information content (AvgIpc) is 2.41. The van der Waals surface area contributed by atoms with Crippen molar-refractivity contribution in [3.63, 3.8) is 0 Å². The summed E-state index contributed by atoms with van der Waals surface area (Å²) in [5.74, 6) is -2.26. The van der Waals surface area contributed by atoms with Crippen molar-refractivity contribution in [1.82, 2.24) is 0 Å². The maximum absolute atomic E-state index is 12.2. The Morgan fingerprint density at radius 2 is 1.68 bits per heavy atom. The van der Waals surface area contributed by atoms with Gasteiger partial charge in [-0.3, -0.25) is 9.59 Å². The van der Waals surface area contributed by atoms with E-state index in [1.807, 2.05) is 43.3 Å². The minimum Gasteiger partial charge on any atom is -0.481 e. The Hall–Kier alpha value is -2.10. The van der Waals surface area contributed by atoms with Crippen LogP contribution in [0, 0.1) is 18.8 Å². The molecule has 2 N–H and O–H groups in total. The summed E-state index contributed by atoms with van der Waals surface area (Å²) in [7, 11) is 0. The fourth-order valence-electron chi connectivity index (χ4n) is 2.25. The van der Waals surface area contributed by atoms with Gasteiger partial charge in [0.1, 0.15) is 0 Å². The van der Waals surface area contributed by atoms with E-state index in [9.17, 15) is 9.59 Å². The lowest BCUT2D eigenvalue weighted by Gasteiger charge is -2.24. The Balaban J connectivity index is 2.08. The van der Waals surface area contributed by atoms with Crippen LogP contribution in [0.3, 0.4) is 0 Å². The van der Waals surface area contributed by atoms with Gasteiger partial charge in [-0.25, -0.2) is 0 Å². The van der Waals surface area contributed by atoms with Crippen LogP contribution in [-0.4, -0.2) is 17.0 Å². The number of rotatable bonds is 3. The van der Waals surface area contributed by atoms with E-state index >= 15 is 0 Å². The first-order valence-electron chi connectivity index (χ1n) is 6.33. The van der Waals surface area contributed by atoms with Gasteiger partial charge in [0.05, 0.1) is 11.8 Å². The van der Waals surface area contributed by atoms with Crippen LogP contribution < -0.4 is 5.32 Å². The Kier molecular flexibility index (Phi) is 4.00. The number of aliphatic carboxylic acids is 1. The van der Waals surface area contributed by atoms with Crippen molar-refractivity contribution in [2.24, 2.45) is 11.8 Å². The third-order valence-electron chi connectivity index (χ3n) is 3.41. The molecule has 0 fully saturated rings. The van der Waals surface area contributed by atoms with Gasteiger partial charge < -0.3 is 10.4 Å². The molecule has 0 bridgehead atoms. The van der Waals surface area contributed by atoms with Crippen molar-refractivity contribution in [2.75, 3.05) is 5.32 Å². The van der Waals surface area contributed by atoms with Crippen molar-refractivity contribution in [1.29, 1.82) is 0 Å². The molecular formula is C15H17NO3. The van der Waals surface area contributed by atoms with Crippen molar-refractivity contribution < 1.29 is 14.7 Å². The number of amides is 1. The van der Waals surface area contributed by atoms with E-state index in [4.69, 9.17) is 5.11 Å². The number of allylic oxidation sites excluding steroid dienone is 2. The summed E-state index contributed by atoms with van der Waals surface area (Å²) in [4.78, 5) is 23.3. The van der Waals surface area contributed by atoms with Crippen LogP contribution in [0.2, 0.25) is 0 Å². The molecule has 0 aromatic heterocycles. The van der Waals surface area contributed by atoms with Crippen LogP contribution in [-0.2, 0) is 9.59 Å². The average molecular weight is 259 g/mol. The summed E-state index contributed by atoms with van der Waals surface area (Å²) in [6, 6.07) is 7.46. The molecule has 4 nitrogen and oxygen atoms in total. The smallest absolute Gasteiger partial charge is 0.307 e. The molecule has 2 rings (SSSR count). The number of hydrogen-bond acceptors (Lipinski definition) is 2. The molecule has 19 heavy (non-hydrogen) atoms. The predicted molar refractivity (Wildman–Crippen MR) is 72.8 cm³/mol. The number of aryl methyl sites for hydroxylation is 1. The fraction of sp³-hybridized carbons (Fsp3) is 0.333. The van der Waals surface area contributed by atoms with E-state index < -0.39 is 17.8 Å². The molecular weight excluding hydrogens is 242 g/mol. The highest BCUT2D eigenvalue weighted by molar-refractivity contribution is 5.95. The van der Waals surface area contributed by atoms with Crippen LogP contribution in [0.5, 0.6) is 0 Å². The van der Waals surface area contributed by atoms with Crippen molar-refractivity contribution in [3.8, 4) is 0 Å². The van der Waals surface area contributed by atoms with Gasteiger partial charge in [0.25, 0.3) is 0 Å². The highest BCUT2D eigenvalue weighted by Gasteiger charge is 2.33. The zero-order valence-corrected chi connectivity index (χ0v) is 10.8. The van der Waals surface area contributed by atoms with Crippen molar-refractivity contribution in [3.05, 3.63) is 42.0 Å². The topological polar surface area (TPSA) is 66.4 Å². The predicted octanol–water partition coefficient (Wildman–Crippen LogP) is 2.60. The second kappa shape index (κ2) is 5.69. The molecule has 1 amide bonds. The summed E-state index contributed by atoms with van der Waals surface area (Å²) in [6.45, 7) is 1.97. The Bertz CT molecular complexity index is 505. The zero-order valence-electron chi connectivity index (χ0n) is 10.8. The van der Waals surface area contributed by atoms with E-state index in [2.05, 4.69) is 5.32 Å². The number of anilines is 1. The van der Waals surface area contributed by atoms with Crippen LogP contribution in [0.1, 0.15) is 18.4 Å². The molecule has 1 aliphatic carbocycles. The summed E-state index contributed by atoms with van der Waals surface area (Å²) in [5.41, 5.74) is 1.82. The minimum atomic E-state index is -0.909. The maximum Gasteiger partial charge on any atom is 0.307 e. The molecule has 0 spiro atoms. The number of carboxylic acids is 1. The lowest BCUT2D eigenvalue weighted by Crippen LogP contribution is -2.34. The number of carbonyl (C=O) groups is 2. The minimum absolute atomic E-state index is 0.222. The normalized spacial score (nSPS) is 21.9. The van der Waals surface area contributed by atoms with Gasteiger partial charge in [0, 0.05) is 5.69 Å². The number of nitrogens with one attached hydrogen (secondary N) is 1. The van der Waals surface area contributed by atoms with Gasteiger partial charge >= 0.3 is 5.97 Å². The standard InChI is InChI=1S/C15H17NO3/c1-10-6-8-11(9-7-10)16-14(17)12-4-2-3-5-13(12)15(18)19/h2-3,6-9,12-13H,4-5H2,1H3,(H,16,17)(H,18,19)/t12-,13-/m1/s1. The molecule has 0 aliphatic heterocycles. The monoisotopic (exact) mass is 259 g/mol. The maximum atomic E-state index is 12.2. The van der Waals surface area contributed by atoms with Gasteiger partial charge in [-0.05, 0) is 31.9 Å². The quantitative estimate of drug-likeness (QED) is 0.820. The second-order valence-corrected chi connectivity index (χ2v) is 4.85.